The molecule has 1 rings (SSSR count). The molecule has 0 fully saturated rings. The van der Waals surface area contributed by atoms with Crippen LogP contribution in [0.4, 0.5) is 5.69 Å². The van der Waals surface area contributed by atoms with Gasteiger partial charge in [-0.15, -0.1) is 0 Å². The Balaban J connectivity index is 3.21. The lowest BCUT2D eigenvalue weighted by molar-refractivity contribution is -0.386. The minimum Gasteiger partial charge on any atom is -0.387 e. The highest BCUT2D eigenvalue weighted by molar-refractivity contribution is 9.10. The standard InChI is InChI=1S/C8H9BrN2O3/c9-5-1-2-6(8(12)4-10)7(3-5)11(13)14/h1-3,8,12H,4,10H2/t8-/m0/s1. The summed E-state index contributed by atoms with van der Waals surface area (Å²) in [5.74, 6) is 0. The van der Waals surface area contributed by atoms with Crippen LogP contribution >= 0.6 is 15.9 Å². The summed E-state index contributed by atoms with van der Waals surface area (Å²) in [6.45, 7) is -0.0392. The van der Waals surface area contributed by atoms with Gasteiger partial charge in [0.2, 0.25) is 0 Å². The van der Waals surface area contributed by atoms with Crippen molar-refractivity contribution >= 4 is 21.6 Å². The summed E-state index contributed by atoms with van der Waals surface area (Å²) in [6, 6.07) is 4.45. The average Bonchev–Trinajstić information content (AvgIpc) is 2.16. The first-order valence-electron chi connectivity index (χ1n) is 3.88. The van der Waals surface area contributed by atoms with Gasteiger partial charge >= 0.3 is 0 Å². The molecule has 5 nitrogen and oxygen atoms in total. The summed E-state index contributed by atoms with van der Waals surface area (Å²) < 4.78 is 0.595. The third-order valence-electron chi connectivity index (χ3n) is 1.77. The maximum Gasteiger partial charge on any atom is 0.276 e. The highest BCUT2D eigenvalue weighted by Gasteiger charge is 2.19. The number of benzene rings is 1. The van der Waals surface area contributed by atoms with Crippen molar-refractivity contribution in [1.29, 1.82) is 0 Å². The number of halogens is 1. The Morgan fingerprint density at radius 1 is 1.64 bits per heavy atom. The highest BCUT2D eigenvalue weighted by atomic mass is 79.9. The monoisotopic (exact) mass is 260 g/mol. The van der Waals surface area contributed by atoms with Crippen LogP contribution in [0.2, 0.25) is 0 Å². The zero-order valence-corrected chi connectivity index (χ0v) is 8.77. The molecule has 0 amide bonds. The SMILES string of the molecule is NC[C@H](O)c1ccc(Br)cc1[N+](=O)[O-]. The van der Waals surface area contributed by atoms with E-state index in [9.17, 15) is 15.2 Å². The van der Waals surface area contributed by atoms with Gasteiger partial charge in [-0.1, -0.05) is 15.9 Å². The van der Waals surface area contributed by atoms with Crippen LogP contribution in [-0.4, -0.2) is 16.6 Å². The summed E-state index contributed by atoms with van der Waals surface area (Å²) in [5.41, 5.74) is 5.34. The van der Waals surface area contributed by atoms with E-state index in [-0.39, 0.29) is 17.8 Å². The molecule has 1 aromatic carbocycles. The smallest absolute Gasteiger partial charge is 0.276 e. The first-order chi connectivity index (χ1) is 6.56. The fraction of sp³-hybridized carbons (Fsp3) is 0.250. The Labute approximate surface area is 88.8 Å². The second-order valence-corrected chi connectivity index (χ2v) is 3.63. The van der Waals surface area contributed by atoms with Crippen LogP contribution in [0.3, 0.4) is 0 Å². The number of rotatable bonds is 3. The molecule has 76 valence electrons. The number of nitrogens with two attached hydrogens (primary N) is 1. The van der Waals surface area contributed by atoms with Crippen LogP contribution in [0.15, 0.2) is 22.7 Å². The van der Waals surface area contributed by atoms with E-state index in [2.05, 4.69) is 15.9 Å². The first kappa shape index (κ1) is 11.1. The molecule has 14 heavy (non-hydrogen) atoms. The first-order valence-corrected chi connectivity index (χ1v) is 4.67. The molecule has 0 aliphatic rings. The second-order valence-electron chi connectivity index (χ2n) is 2.71. The topological polar surface area (TPSA) is 89.4 Å². The van der Waals surface area contributed by atoms with Crippen LogP contribution in [0.25, 0.3) is 0 Å². The van der Waals surface area contributed by atoms with Crippen molar-refractivity contribution in [2.24, 2.45) is 5.73 Å². The Morgan fingerprint density at radius 3 is 2.79 bits per heavy atom. The third-order valence-corrected chi connectivity index (χ3v) is 2.26. The molecule has 0 unspecified atom stereocenters. The molecule has 6 heteroatoms. The van der Waals surface area contributed by atoms with E-state index in [1.807, 2.05) is 0 Å². The molecule has 0 aromatic heterocycles. The number of hydrogen-bond acceptors (Lipinski definition) is 4. The lowest BCUT2D eigenvalue weighted by Crippen LogP contribution is -2.13. The van der Waals surface area contributed by atoms with E-state index >= 15 is 0 Å². The van der Waals surface area contributed by atoms with Gasteiger partial charge in [0.25, 0.3) is 5.69 Å². The van der Waals surface area contributed by atoms with E-state index < -0.39 is 11.0 Å². The molecule has 0 spiro atoms. The summed E-state index contributed by atoms with van der Waals surface area (Å²) >= 11 is 3.12. The van der Waals surface area contributed by atoms with Gasteiger partial charge in [-0.05, 0) is 12.1 Å². The van der Waals surface area contributed by atoms with Gasteiger partial charge in [-0.25, -0.2) is 0 Å². The van der Waals surface area contributed by atoms with Gasteiger partial charge in [0.05, 0.1) is 16.6 Å². The molecule has 0 heterocycles. The largest absolute Gasteiger partial charge is 0.387 e. The highest BCUT2D eigenvalue weighted by Crippen LogP contribution is 2.27. The Bertz CT molecular complexity index is 356. The van der Waals surface area contributed by atoms with E-state index in [0.29, 0.717) is 4.47 Å². The van der Waals surface area contributed by atoms with Crippen molar-refractivity contribution in [2.45, 2.75) is 6.10 Å². The minimum absolute atomic E-state index is 0.0392. The van der Waals surface area contributed by atoms with Crippen molar-refractivity contribution in [3.8, 4) is 0 Å². The number of hydrogen-bond donors (Lipinski definition) is 2. The lowest BCUT2D eigenvalue weighted by atomic mass is 10.1. The Hall–Kier alpha value is -0.980. The quantitative estimate of drug-likeness (QED) is 0.634. The van der Waals surface area contributed by atoms with E-state index in [0.717, 1.165) is 0 Å². The van der Waals surface area contributed by atoms with Gasteiger partial charge in [-0.3, -0.25) is 10.1 Å². The zero-order valence-electron chi connectivity index (χ0n) is 7.18. The maximum atomic E-state index is 10.6. The van der Waals surface area contributed by atoms with Crippen molar-refractivity contribution in [3.05, 3.63) is 38.3 Å². The average molecular weight is 261 g/mol. The summed E-state index contributed by atoms with van der Waals surface area (Å²) in [5, 5.41) is 20.0. The van der Waals surface area contributed by atoms with E-state index in [4.69, 9.17) is 5.73 Å². The molecule has 3 N–H and O–H groups in total. The molecule has 0 saturated heterocycles. The van der Waals surface area contributed by atoms with Crippen LogP contribution in [0, 0.1) is 10.1 Å². The van der Waals surface area contributed by atoms with E-state index in [1.165, 1.54) is 12.1 Å². The summed E-state index contributed by atoms with van der Waals surface area (Å²) in [4.78, 5) is 10.1. The number of nitrogens with zero attached hydrogens (tertiary/aromatic N) is 1. The fourth-order valence-electron chi connectivity index (χ4n) is 1.08. The summed E-state index contributed by atoms with van der Waals surface area (Å²) in [7, 11) is 0. The van der Waals surface area contributed by atoms with Crippen molar-refractivity contribution in [3.63, 3.8) is 0 Å². The predicted octanol–water partition coefficient (Wildman–Crippen LogP) is 1.35. The predicted molar refractivity (Wildman–Crippen MR) is 54.8 cm³/mol. The molecule has 1 atom stereocenters. The number of aliphatic hydroxyl groups excluding tert-OH is 1. The van der Waals surface area contributed by atoms with Gasteiger partial charge in [0.1, 0.15) is 0 Å². The zero-order chi connectivity index (χ0) is 10.7. The normalized spacial score (nSPS) is 12.5. The molecule has 0 aliphatic carbocycles. The molecular weight excluding hydrogens is 252 g/mol. The van der Waals surface area contributed by atoms with Crippen molar-refractivity contribution in [2.75, 3.05) is 6.54 Å². The van der Waals surface area contributed by atoms with Gasteiger partial charge in [0, 0.05) is 17.1 Å². The Morgan fingerprint density at radius 2 is 2.29 bits per heavy atom. The van der Waals surface area contributed by atoms with Crippen LogP contribution in [-0.2, 0) is 0 Å². The molecule has 0 aliphatic heterocycles. The number of nitro benzene ring substituents is 1. The van der Waals surface area contributed by atoms with Crippen molar-refractivity contribution < 1.29 is 10.0 Å². The van der Waals surface area contributed by atoms with Crippen LogP contribution < -0.4 is 5.73 Å². The molecule has 0 saturated carbocycles. The van der Waals surface area contributed by atoms with Crippen molar-refractivity contribution in [1.82, 2.24) is 0 Å². The van der Waals surface area contributed by atoms with Crippen LogP contribution in [0.1, 0.15) is 11.7 Å². The van der Waals surface area contributed by atoms with Gasteiger partial charge in [0.15, 0.2) is 0 Å². The molecule has 1 aromatic rings. The third kappa shape index (κ3) is 2.28. The second kappa shape index (κ2) is 4.50. The lowest BCUT2D eigenvalue weighted by Gasteiger charge is -2.08. The molecule has 0 bridgehead atoms. The van der Waals surface area contributed by atoms with Crippen LogP contribution in [0.5, 0.6) is 0 Å². The van der Waals surface area contributed by atoms with E-state index in [1.54, 1.807) is 6.07 Å². The molecular formula is C8H9BrN2O3. The van der Waals surface area contributed by atoms with Gasteiger partial charge < -0.3 is 10.8 Å². The summed E-state index contributed by atoms with van der Waals surface area (Å²) in [6.07, 6.45) is -0.997. The fourth-order valence-corrected chi connectivity index (χ4v) is 1.43. The van der Waals surface area contributed by atoms with Gasteiger partial charge in [-0.2, -0.15) is 0 Å². The number of nitro groups is 1. The molecule has 0 radical (unpaired) electrons. The maximum absolute atomic E-state index is 10.6. The minimum atomic E-state index is -0.997. The Kier molecular flexibility index (Phi) is 3.56. The number of aliphatic hydroxyl groups is 1.